The van der Waals surface area contributed by atoms with Crippen LogP contribution in [-0.4, -0.2) is 67.1 Å². The number of nitrogens with zero attached hydrogens (tertiary/aromatic N) is 2. The van der Waals surface area contributed by atoms with E-state index in [1.807, 2.05) is 18.2 Å². The molecule has 1 aliphatic rings. The van der Waals surface area contributed by atoms with E-state index >= 15 is 0 Å². The molecule has 1 atom stereocenters. The lowest BCUT2D eigenvalue weighted by Crippen LogP contribution is -2.48. The highest BCUT2D eigenvalue weighted by atomic mass is 32.2. The monoisotopic (exact) mass is 394 g/mol. The molecule has 1 aliphatic heterocycles. The maximum Gasteiger partial charge on any atom is 0.246 e. The summed E-state index contributed by atoms with van der Waals surface area (Å²) >= 11 is 1.65. The Morgan fingerprint density at radius 3 is 2.67 bits per heavy atom. The number of amides is 2. The van der Waals surface area contributed by atoms with Crippen LogP contribution in [0, 0.1) is 0 Å². The molecule has 6 nitrogen and oxygen atoms in total. The number of carbonyl (C=O) groups excluding carboxylic acids is 2. The molecule has 0 spiro atoms. The molecule has 27 heavy (non-hydrogen) atoms. The first-order chi connectivity index (χ1) is 13.0. The molecule has 0 bridgehead atoms. The van der Waals surface area contributed by atoms with Gasteiger partial charge < -0.3 is 19.3 Å². The Balaban J connectivity index is 1.94. The van der Waals surface area contributed by atoms with Crippen molar-refractivity contribution in [3.05, 3.63) is 23.8 Å². The van der Waals surface area contributed by atoms with Gasteiger partial charge in [0.2, 0.25) is 11.8 Å². The number of rotatable bonds is 9. The zero-order valence-electron chi connectivity index (χ0n) is 16.7. The van der Waals surface area contributed by atoms with Gasteiger partial charge in [0.1, 0.15) is 6.04 Å². The van der Waals surface area contributed by atoms with Crippen molar-refractivity contribution in [2.45, 2.75) is 38.6 Å². The summed E-state index contributed by atoms with van der Waals surface area (Å²) in [5, 5.41) is 0. The highest BCUT2D eigenvalue weighted by Gasteiger charge is 2.35. The largest absolute Gasteiger partial charge is 0.493 e. The molecular weight excluding hydrogens is 364 g/mol. The zero-order chi connectivity index (χ0) is 19.8. The van der Waals surface area contributed by atoms with E-state index in [0.717, 1.165) is 18.4 Å². The summed E-state index contributed by atoms with van der Waals surface area (Å²) in [4.78, 5) is 28.7. The molecule has 1 aromatic carbocycles. The van der Waals surface area contributed by atoms with Crippen LogP contribution >= 0.6 is 11.8 Å². The summed E-state index contributed by atoms with van der Waals surface area (Å²) in [6.45, 7) is 2.66. The molecule has 0 aliphatic carbocycles. The first-order valence-corrected chi connectivity index (χ1v) is 10.5. The van der Waals surface area contributed by atoms with Crippen molar-refractivity contribution in [2.75, 3.05) is 39.4 Å². The van der Waals surface area contributed by atoms with E-state index in [2.05, 4.69) is 6.92 Å². The SMILES string of the molecule is CCCCC(=O)N1CSCC1C(=O)N(C)CCc1ccc(OC)c(OC)c1. The zero-order valence-corrected chi connectivity index (χ0v) is 17.5. The van der Waals surface area contributed by atoms with E-state index in [0.29, 0.717) is 42.5 Å². The van der Waals surface area contributed by atoms with Gasteiger partial charge in [0, 0.05) is 25.8 Å². The molecule has 0 aromatic heterocycles. The minimum absolute atomic E-state index is 0.0188. The van der Waals surface area contributed by atoms with Gasteiger partial charge in [0.05, 0.1) is 20.1 Å². The van der Waals surface area contributed by atoms with E-state index in [1.165, 1.54) is 0 Å². The fourth-order valence-corrected chi connectivity index (χ4v) is 4.23. The lowest BCUT2D eigenvalue weighted by molar-refractivity contribution is -0.142. The van der Waals surface area contributed by atoms with Crippen molar-refractivity contribution in [2.24, 2.45) is 0 Å². The Bertz CT molecular complexity index is 653. The predicted molar refractivity (Wildman–Crippen MR) is 108 cm³/mol. The number of methoxy groups -OCH3 is 2. The molecule has 150 valence electrons. The van der Waals surface area contributed by atoms with Crippen LogP contribution in [0.15, 0.2) is 18.2 Å². The van der Waals surface area contributed by atoms with Crippen LogP contribution in [0.4, 0.5) is 0 Å². The maximum atomic E-state index is 12.9. The van der Waals surface area contributed by atoms with E-state index < -0.39 is 0 Å². The summed E-state index contributed by atoms with van der Waals surface area (Å²) in [7, 11) is 5.02. The Kier molecular flexibility index (Phi) is 8.28. The molecule has 1 heterocycles. The quantitative estimate of drug-likeness (QED) is 0.645. The first-order valence-electron chi connectivity index (χ1n) is 9.34. The van der Waals surface area contributed by atoms with Gasteiger partial charge in [-0.25, -0.2) is 0 Å². The summed E-state index contributed by atoms with van der Waals surface area (Å²) in [6.07, 6.45) is 3.09. The molecule has 1 fully saturated rings. The van der Waals surface area contributed by atoms with Gasteiger partial charge in [-0.2, -0.15) is 0 Å². The minimum atomic E-state index is -0.338. The molecule has 7 heteroatoms. The van der Waals surface area contributed by atoms with Crippen molar-refractivity contribution in [1.82, 2.24) is 9.80 Å². The van der Waals surface area contributed by atoms with Crippen molar-refractivity contribution >= 4 is 23.6 Å². The Morgan fingerprint density at radius 2 is 2.00 bits per heavy atom. The number of hydrogen-bond acceptors (Lipinski definition) is 5. The molecule has 1 unspecified atom stereocenters. The lowest BCUT2D eigenvalue weighted by atomic mass is 10.1. The molecule has 0 N–H and O–H groups in total. The van der Waals surface area contributed by atoms with Crippen molar-refractivity contribution in [1.29, 1.82) is 0 Å². The standard InChI is InChI=1S/C20H30N2O4S/c1-5-6-7-19(23)22-14-27-13-16(22)20(24)21(2)11-10-15-8-9-17(25-3)18(12-15)26-4/h8-9,12,16H,5-7,10-11,13-14H2,1-4H3. The average molecular weight is 395 g/mol. The number of benzene rings is 1. The number of carbonyl (C=O) groups is 2. The molecule has 0 saturated carbocycles. The highest BCUT2D eigenvalue weighted by molar-refractivity contribution is 7.99. The highest BCUT2D eigenvalue weighted by Crippen LogP contribution is 2.28. The summed E-state index contributed by atoms with van der Waals surface area (Å²) < 4.78 is 10.6. The van der Waals surface area contributed by atoms with Crippen molar-refractivity contribution in [3.63, 3.8) is 0 Å². The smallest absolute Gasteiger partial charge is 0.246 e. The minimum Gasteiger partial charge on any atom is -0.493 e. The molecular formula is C20H30N2O4S. The third kappa shape index (κ3) is 5.54. The van der Waals surface area contributed by atoms with Crippen molar-refractivity contribution in [3.8, 4) is 11.5 Å². The second-order valence-corrected chi connectivity index (χ2v) is 7.68. The summed E-state index contributed by atoms with van der Waals surface area (Å²) in [6, 6.07) is 5.45. The molecule has 1 aromatic rings. The lowest BCUT2D eigenvalue weighted by Gasteiger charge is -2.27. The van der Waals surface area contributed by atoms with Crippen LogP contribution in [0.25, 0.3) is 0 Å². The van der Waals surface area contributed by atoms with Crippen LogP contribution in [0.1, 0.15) is 31.7 Å². The molecule has 0 radical (unpaired) electrons. The topological polar surface area (TPSA) is 59.1 Å². The first kappa shape index (κ1) is 21.4. The van der Waals surface area contributed by atoms with E-state index in [1.54, 1.807) is 42.8 Å². The fraction of sp³-hybridized carbons (Fsp3) is 0.600. The van der Waals surface area contributed by atoms with Gasteiger partial charge in [-0.1, -0.05) is 19.4 Å². The van der Waals surface area contributed by atoms with E-state index in [-0.39, 0.29) is 17.9 Å². The Labute approximate surface area is 166 Å². The van der Waals surface area contributed by atoms with Crippen LogP contribution in [0.3, 0.4) is 0 Å². The Hall–Kier alpha value is -1.89. The van der Waals surface area contributed by atoms with Gasteiger partial charge in [-0.05, 0) is 30.5 Å². The number of hydrogen-bond donors (Lipinski definition) is 0. The van der Waals surface area contributed by atoms with Gasteiger partial charge in [0.25, 0.3) is 0 Å². The predicted octanol–water partition coefficient (Wildman–Crippen LogP) is 2.80. The van der Waals surface area contributed by atoms with Gasteiger partial charge in [-0.15, -0.1) is 11.8 Å². The third-order valence-corrected chi connectivity index (χ3v) is 5.80. The third-order valence-electron chi connectivity index (χ3n) is 4.79. The second-order valence-electron chi connectivity index (χ2n) is 6.68. The van der Waals surface area contributed by atoms with Crippen LogP contribution in [-0.2, 0) is 16.0 Å². The average Bonchev–Trinajstić information content (AvgIpc) is 3.19. The van der Waals surface area contributed by atoms with Gasteiger partial charge in [0.15, 0.2) is 11.5 Å². The summed E-state index contributed by atoms with van der Waals surface area (Å²) in [5.74, 6) is 2.78. The van der Waals surface area contributed by atoms with E-state index in [9.17, 15) is 9.59 Å². The van der Waals surface area contributed by atoms with Crippen molar-refractivity contribution < 1.29 is 19.1 Å². The number of likely N-dealkylation sites (N-methyl/N-ethyl adjacent to an activating group) is 1. The van der Waals surface area contributed by atoms with Crippen LogP contribution in [0.5, 0.6) is 11.5 Å². The number of ether oxygens (including phenoxy) is 2. The number of thioether (sulfide) groups is 1. The summed E-state index contributed by atoms with van der Waals surface area (Å²) in [5.41, 5.74) is 1.07. The van der Waals surface area contributed by atoms with Crippen LogP contribution in [0.2, 0.25) is 0 Å². The second kappa shape index (κ2) is 10.4. The fourth-order valence-electron chi connectivity index (χ4n) is 3.06. The molecule has 2 rings (SSSR count). The Morgan fingerprint density at radius 1 is 1.26 bits per heavy atom. The van der Waals surface area contributed by atoms with Gasteiger partial charge in [-0.3, -0.25) is 9.59 Å². The molecule has 1 saturated heterocycles. The normalized spacial score (nSPS) is 16.3. The molecule has 2 amide bonds. The van der Waals surface area contributed by atoms with Crippen LogP contribution < -0.4 is 9.47 Å². The van der Waals surface area contributed by atoms with Gasteiger partial charge >= 0.3 is 0 Å². The van der Waals surface area contributed by atoms with E-state index in [4.69, 9.17) is 9.47 Å². The maximum absolute atomic E-state index is 12.9. The number of unbranched alkanes of at least 4 members (excludes halogenated alkanes) is 1.